The van der Waals surface area contributed by atoms with Crippen LogP contribution in [-0.4, -0.2) is 82.2 Å². The van der Waals surface area contributed by atoms with E-state index >= 15 is 4.79 Å². The number of rotatable bonds is 15. The summed E-state index contributed by atoms with van der Waals surface area (Å²) in [4.78, 5) is 49.6. The number of aliphatic hydroxyl groups is 2. The van der Waals surface area contributed by atoms with E-state index in [-0.39, 0.29) is 49.6 Å². The number of aliphatic imine (C=N–C) groups is 1. The monoisotopic (exact) mass is 870 g/mol. The molecule has 4 heterocycles. The van der Waals surface area contributed by atoms with Gasteiger partial charge in [-0.2, -0.15) is 0 Å². The molecule has 64 heavy (non-hydrogen) atoms. The second kappa shape index (κ2) is 16.1. The predicted molar refractivity (Wildman–Crippen MR) is 246 cm³/mol. The highest BCUT2D eigenvalue weighted by Gasteiger charge is 2.84. The lowest BCUT2D eigenvalue weighted by Crippen LogP contribution is -2.75. The summed E-state index contributed by atoms with van der Waals surface area (Å²) < 4.78 is 29.3. The molecule has 3 N–H and O–H groups in total. The molecule has 7 unspecified atom stereocenters. The second-order valence-electron chi connectivity index (χ2n) is 20.0. The molecule has 7 atom stereocenters. The second-order valence-corrected chi connectivity index (χ2v) is 20.0. The summed E-state index contributed by atoms with van der Waals surface area (Å²) in [6.07, 6.45) is 14.0. The summed E-state index contributed by atoms with van der Waals surface area (Å²) in [5.41, 5.74) is 3.84. The van der Waals surface area contributed by atoms with Gasteiger partial charge in [0.25, 0.3) is 0 Å². The number of allylic oxidation sites excluding steroid dienone is 4. The maximum Gasteiger partial charge on any atom is 0.246 e. The first-order chi connectivity index (χ1) is 30.5. The summed E-state index contributed by atoms with van der Waals surface area (Å²) in [5, 5.41) is 22.0. The minimum Gasteiger partial charge on any atom is -0.492 e. The Kier molecular flexibility index (Phi) is 11.1. The third kappa shape index (κ3) is 6.54. The number of carbonyl (C=O) groups excluding carboxylic acids is 3. The predicted octanol–water partition coefficient (Wildman–Crippen LogP) is 8.24. The molecule has 0 radical (unpaired) electrons. The number of hydrogen-bond donors (Lipinski definition) is 3. The van der Waals surface area contributed by atoms with E-state index in [2.05, 4.69) is 64.2 Å². The molecule has 338 valence electrons. The molecular formula is C53H62N2O9. The van der Waals surface area contributed by atoms with Crippen LogP contribution in [-0.2, 0) is 20.7 Å². The minimum atomic E-state index is -1.59. The Morgan fingerprint density at radius 3 is 2.42 bits per heavy atom. The summed E-state index contributed by atoms with van der Waals surface area (Å²) >= 11 is 0. The summed E-state index contributed by atoms with van der Waals surface area (Å²) in [6.45, 7) is 16.4. The zero-order valence-corrected chi connectivity index (χ0v) is 38.5. The Balaban J connectivity index is 1.36. The average molecular weight is 871 g/mol. The van der Waals surface area contributed by atoms with Crippen molar-refractivity contribution >= 4 is 35.0 Å². The van der Waals surface area contributed by atoms with E-state index in [9.17, 15) is 19.8 Å². The molecule has 1 spiro atoms. The number of nitrogens with zero attached hydrogens (tertiary/aromatic N) is 1. The molecule has 2 aromatic rings. The van der Waals surface area contributed by atoms with E-state index < -0.39 is 40.2 Å². The van der Waals surface area contributed by atoms with Gasteiger partial charge in [-0.25, -0.2) is 0 Å². The average Bonchev–Trinajstić information content (AvgIpc) is 3.62. The van der Waals surface area contributed by atoms with Crippen LogP contribution in [0.25, 0.3) is 11.8 Å². The lowest BCUT2D eigenvalue weighted by atomic mass is 9.43. The molecule has 8 aliphatic rings. The van der Waals surface area contributed by atoms with Gasteiger partial charge in [-0.15, -0.1) is 0 Å². The third-order valence-corrected chi connectivity index (χ3v) is 14.7. The molecule has 4 bridgehead atoms. The molecular weight excluding hydrogens is 809 g/mol. The first-order valence-corrected chi connectivity index (χ1v) is 23.1. The number of amides is 1. The normalized spacial score (nSPS) is 29.4. The zero-order valence-electron chi connectivity index (χ0n) is 38.5. The van der Waals surface area contributed by atoms with E-state index in [0.717, 1.165) is 40.7 Å². The van der Waals surface area contributed by atoms with Crippen LogP contribution in [0.2, 0.25) is 0 Å². The van der Waals surface area contributed by atoms with Crippen LogP contribution in [0, 0.1) is 23.7 Å². The number of Topliss-reactive ketones (excluding diaryl/α,β-unsaturated/α-hetero) is 2. The number of carbonyl (C=O) groups is 3. The Labute approximate surface area is 376 Å². The smallest absolute Gasteiger partial charge is 0.246 e. The lowest BCUT2D eigenvalue weighted by Gasteiger charge is -2.62. The number of hydrogen-bond acceptors (Lipinski definition) is 10. The van der Waals surface area contributed by atoms with Crippen LogP contribution in [0.4, 0.5) is 0 Å². The van der Waals surface area contributed by atoms with Gasteiger partial charge in [0, 0.05) is 65.2 Å². The SMILES string of the molecule is CC(C)=CCCC1(C)C=Cc2c(c(CC=C(C)C)c3c(c2OCCCCO)C2=C4C(C5CC6C(C)(C)OC(C/C=C(/C)C(=O)NCCO)(C5=O)C46O3)C3C(=O)c4ccccc4C3=N2)O1. The Hall–Kier alpha value is -5.10. The van der Waals surface area contributed by atoms with Crippen LogP contribution in [0.5, 0.6) is 17.2 Å². The quantitative estimate of drug-likeness (QED) is 0.0913. The van der Waals surface area contributed by atoms with Crippen molar-refractivity contribution in [3.05, 3.63) is 98.7 Å². The number of ether oxygens (including phenoxy) is 4. The van der Waals surface area contributed by atoms with Crippen molar-refractivity contribution in [3.8, 4) is 17.2 Å². The number of aliphatic hydroxyl groups excluding tert-OH is 2. The van der Waals surface area contributed by atoms with E-state index in [1.807, 2.05) is 38.1 Å². The van der Waals surface area contributed by atoms with Crippen molar-refractivity contribution in [2.75, 3.05) is 26.4 Å². The Bertz CT molecular complexity index is 2530. The van der Waals surface area contributed by atoms with Crippen LogP contribution < -0.4 is 19.5 Å². The van der Waals surface area contributed by atoms with Gasteiger partial charge in [-0.1, -0.05) is 53.6 Å². The molecule has 3 saturated carbocycles. The van der Waals surface area contributed by atoms with Crippen molar-refractivity contribution < 1.29 is 43.5 Å². The molecule has 11 heteroatoms. The van der Waals surface area contributed by atoms with Gasteiger partial charge >= 0.3 is 0 Å². The van der Waals surface area contributed by atoms with Crippen LogP contribution in [0.1, 0.15) is 127 Å². The minimum absolute atomic E-state index is 0.0328. The van der Waals surface area contributed by atoms with Crippen molar-refractivity contribution in [1.82, 2.24) is 5.32 Å². The van der Waals surface area contributed by atoms with Crippen molar-refractivity contribution in [2.45, 2.75) is 123 Å². The fourth-order valence-electron chi connectivity index (χ4n) is 11.9. The van der Waals surface area contributed by atoms with E-state index in [1.54, 1.807) is 13.0 Å². The topological polar surface area (TPSA) is 153 Å². The van der Waals surface area contributed by atoms with E-state index in [0.29, 0.717) is 77.6 Å². The first kappa shape index (κ1) is 44.1. The maximum atomic E-state index is 15.8. The van der Waals surface area contributed by atoms with Gasteiger partial charge in [0.1, 0.15) is 22.8 Å². The summed E-state index contributed by atoms with van der Waals surface area (Å²) in [6, 6.07) is 7.61. The van der Waals surface area contributed by atoms with Gasteiger partial charge in [-0.05, 0) is 106 Å². The largest absolute Gasteiger partial charge is 0.492 e. The first-order valence-electron chi connectivity index (χ1n) is 23.1. The zero-order chi connectivity index (χ0) is 45.5. The fourth-order valence-corrected chi connectivity index (χ4v) is 11.9. The highest BCUT2D eigenvalue weighted by molar-refractivity contribution is 6.31. The molecule has 4 fully saturated rings. The number of ketones is 2. The summed E-state index contributed by atoms with van der Waals surface area (Å²) in [5.74, 6) is -1.04. The van der Waals surface area contributed by atoms with Crippen LogP contribution in [0.15, 0.2) is 75.9 Å². The van der Waals surface area contributed by atoms with Crippen molar-refractivity contribution in [2.24, 2.45) is 28.7 Å². The molecule has 1 saturated heterocycles. The van der Waals surface area contributed by atoms with Crippen LogP contribution >= 0.6 is 0 Å². The molecule has 4 aliphatic heterocycles. The molecule has 0 aromatic heterocycles. The van der Waals surface area contributed by atoms with Gasteiger partial charge in [-0.3, -0.25) is 19.4 Å². The highest BCUT2D eigenvalue weighted by Crippen LogP contribution is 2.74. The Morgan fingerprint density at radius 1 is 0.953 bits per heavy atom. The number of benzene rings is 2. The third-order valence-electron chi connectivity index (χ3n) is 14.7. The van der Waals surface area contributed by atoms with Crippen molar-refractivity contribution in [3.63, 3.8) is 0 Å². The number of nitrogens with one attached hydrogen (secondary N) is 1. The van der Waals surface area contributed by atoms with E-state index in [4.69, 9.17) is 23.9 Å². The molecule has 10 rings (SSSR count). The highest BCUT2D eigenvalue weighted by atomic mass is 16.6. The molecule has 11 nitrogen and oxygen atoms in total. The van der Waals surface area contributed by atoms with Crippen LogP contribution in [0.3, 0.4) is 0 Å². The van der Waals surface area contributed by atoms with E-state index in [1.165, 1.54) is 5.57 Å². The lowest BCUT2D eigenvalue weighted by molar-refractivity contribution is -0.182. The van der Waals surface area contributed by atoms with Gasteiger partial charge in [0.15, 0.2) is 22.8 Å². The summed E-state index contributed by atoms with van der Waals surface area (Å²) in [7, 11) is 0. The molecule has 4 aliphatic carbocycles. The van der Waals surface area contributed by atoms with Gasteiger partial charge in [0.05, 0.1) is 47.3 Å². The maximum absolute atomic E-state index is 15.8. The van der Waals surface area contributed by atoms with Gasteiger partial charge in [0.2, 0.25) is 5.91 Å². The van der Waals surface area contributed by atoms with Gasteiger partial charge < -0.3 is 34.5 Å². The molecule has 1 amide bonds. The standard InChI is InChI=1S/C53H62N2O9/c1-29(2)14-13-21-51(8)22-20-35-45(62-51)34(18-17-30(3)4)47-40(46(35)61-27-12-11-25-56)43-41-38(39-42(55-43)32-15-9-10-16-33(32)44(39)58)36-28-37-50(6,7)64-52(48(36)59,53(37,41)63-47)23-19-31(5)49(60)54-24-26-57/h9-10,14-17,19-20,22,36-39,56-57H,11-13,18,21,23-28H2,1-8H3,(H,54,60)/b31-19-. The number of unbranched alkanes of at least 4 members (excludes halogenated alkanes) is 1. The number of fused-ring (bicyclic) bond motifs is 6. The molecule has 2 aromatic carbocycles. The Morgan fingerprint density at radius 2 is 1.70 bits per heavy atom. The van der Waals surface area contributed by atoms with Crippen molar-refractivity contribution in [1.29, 1.82) is 0 Å². The fraction of sp³-hybridized carbons (Fsp3) is 0.509.